The molecule has 1 rings (SSSR count). The van der Waals surface area contributed by atoms with E-state index in [0.717, 1.165) is 38.8 Å². The van der Waals surface area contributed by atoms with E-state index in [9.17, 15) is 19.5 Å². The monoisotopic (exact) mass is 556 g/mol. The highest BCUT2D eigenvalue weighted by Gasteiger charge is 2.28. The van der Waals surface area contributed by atoms with Crippen LogP contribution in [0.3, 0.4) is 0 Å². The predicted molar refractivity (Wildman–Crippen MR) is 158 cm³/mol. The van der Waals surface area contributed by atoms with Crippen molar-refractivity contribution in [2.24, 2.45) is 11.8 Å². The molecule has 0 saturated carbocycles. The molecule has 0 aromatic rings. The number of carbonyl (C=O) groups excluding carboxylic acids is 2. The molecule has 222 valence electrons. The summed E-state index contributed by atoms with van der Waals surface area (Å²) in [5.41, 5.74) is 0. The minimum absolute atomic E-state index is 0.0551. The number of nitrogens with one attached hydrogen (secondary N) is 1. The first kappa shape index (κ1) is 34.7. The SMILES string of the molecule is CCCCCCCCC(CCCCCC)COC(=O)CCSCCC(C(=O)O)C(=O)NC1CCN(C)CC1. The molecule has 0 bridgehead atoms. The summed E-state index contributed by atoms with van der Waals surface area (Å²) in [6, 6.07) is 0.0551. The summed E-state index contributed by atoms with van der Waals surface area (Å²) < 4.78 is 5.64. The Morgan fingerprint density at radius 2 is 1.47 bits per heavy atom. The van der Waals surface area contributed by atoms with Crippen LogP contribution < -0.4 is 5.32 Å². The largest absolute Gasteiger partial charge is 0.481 e. The summed E-state index contributed by atoms with van der Waals surface area (Å²) in [6.07, 6.45) is 17.2. The molecule has 7 nitrogen and oxygen atoms in total. The summed E-state index contributed by atoms with van der Waals surface area (Å²) in [6.45, 7) is 6.80. The molecule has 1 aliphatic rings. The molecule has 2 N–H and O–H groups in total. The molecule has 1 heterocycles. The van der Waals surface area contributed by atoms with Crippen molar-refractivity contribution >= 4 is 29.6 Å². The Labute approximate surface area is 236 Å². The highest BCUT2D eigenvalue weighted by Crippen LogP contribution is 2.20. The first-order valence-corrected chi connectivity index (χ1v) is 16.5. The minimum Gasteiger partial charge on any atom is -0.481 e. The maximum absolute atomic E-state index is 12.5. The van der Waals surface area contributed by atoms with Crippen molar-refractivity contribution in [3.63, 3.8) is 0 Å². The fourth-order valence-corrected chi connectivity index (χ4v) is 5.86. The van der Waals surface area contributed by atoms with Gasteiger partial charge >= 0.3 is 11.9 Å². The molecule has 1 amide bonds. The molecule has 0 spiro atoms. The van der Waals surface area contributed by atoms with Crippen LogP contribution in [0.15, 0.2) is 0 Å². The Hall–Kier alpha value is -1.28. The van der Waals surface area contributed by atoms with Gasteiger partial charge in [-0.3, -0.25) is 14.4 Å². The van der Waals surface area contributed by atoms with E-state index in [1.807, 2.05) is 0 Å². The Kier molecular flexibility index (Phi) is 20.6. The number of rotatable bonds is 23. The smallest absolute Gasteiger partial charge is 0.316 e. The number of piperidine rings is 1. The van der Waals surface area contributed by atoms with Crippen molar-refractivity contribution in [2.75, 3.05) is 38.2 Å². The number of thioether (sulfide) groups is 1. The summed E-state index contributed by atoms with van der Waals surface area (Å²) in [7, 11) is 2.05. The van der Waals surface area contributed by atoms with Crippen LogP contribution in [0.1, 0.15) is 117 Å². The Morgan fingerprint density at radius 1 is 0.895 bits per heavy atom. The van der Waals surface area contributed by atoms with Gasteiger partial charge in [-0.25, -0.2) is 0 Å². The lowest BCUT2D eigenvalue weighted by molar-refractivity contribution is -0.147. The second-order valence-corrected chi connectivity index (χ2v) is 12.3. The normalized spacial score (nSPS) is 16.2. The van der Waals surface area contributed by atoms with Gasteiger partial charge in [0.25, 0.3) is 0 Å². The van der Waals surface area contributed by atoms with Crippen LogP contribution in [0.25, 0.3) is 0 Å². The molecule has 0 aromatic heterocycles. The van der Waals surface area contributed by atoms with E-state index in [-0.39, 0.29) is 24.3 Å². The molecule has 2 unspecified atom stereocenters. The van der Waals surface area contributed by atoms with Gasteiger partial charge < -0.3 is 20.1 Å². The number of nitrogens with zero attached hydrogens (tertiary/aromatic N) is 1. The van der Waals surface area contributed by atoms with E-state index in [1.54, 1.807) is 0 Å². The molecule has 38 heavy (non-hydrogen) atoms. The second-order valence-electron chi connectivity index (χ2n) is 11.1. The van der Waals surface area contributed by atoms with Gasteiger partial charge in [-0.1, -0.05) is 78.1 Å². The molecular weight excluding hydrogens is 500 g/mol. The predicted octanol–water partition coefficient (Wildman–Crippen LogP) is 6.29. The number of amides is 1. The van der Waals surface area contributed by atoms with Crippen LogP contribution in [-0.4, -0.2) is 72.1 Å². The molecule has 1 fully saturated rings. The number of esters is 1. The van der Waals surface area contributed by atoms with E-state index >= 15 is 0 Å². The van der Waals surface area contributed by atoms with E-state index < -0.39 is 11.9 Å². The third-order valence-corrected chi connectivity index (χ3v) is 8.61. The molecule has 1 aliphatic heterocycles. The number of unbranched alkanes of at least 4 members (excludes halogenated alkanes) is 8. The summed E-state index contributed by atoms with van der Waals surface area (Å²) in [5, 5.41) is 12.5. The molecule has 0 aromatic carbocycles. The topological polar surface area (TPSA) is 95.9 Å². The second kappa shape index (κ2) is 22.5. The zero-order valence-electron chi connectivity index (χ0n) is 24.5. The summed E-state index contributed by atoms with van der Waals surface area (Å²) in [5.74, 6) is -1.11. The van der Waals surface area contributed by atoms with Crippen LogP contribution in [0, 0.1) is 11.8 Å². The summed E-state index contributed by atoms with van der Waals surface area (Å²) >= 11 is 1.52. The third kappa shape index (κ3) is 17.3. The Morgan fingerprint density at radius 3 is 2.08 bits per heavy atom. The first-order valence-electron chi connectivity index (χ1n) is 15.3. The Balaban J connectivity index is 2.27. The Bertz CT molecular complexity index is 640. The van der Waals surface area contributed by atoms with E-state index in [2.05, 4.69) is 31.1 Å². The van der Waals surface area contributed by atoms with Gasteiger partial charge in [-0.05, 0) is 63.9 Å². The first-order chi connectivity index (χ1) is 18.4. The highest BCUT2D eigenvalue weighted by molar-refractivity contribution is 7.99. The van der Waals surface area contributed by atoms with Crippen LogP contribution in [0.4, 0.5) is 0 Å². The van der Waals surface area contributed by atoms with Crippen molar-refractivity contribution in [2.45, 2.75) is 123 Å². The van der Waals surface area contributed by atoms with Gasteiger partial charge in [0.1, 0.15) is 5.92 Å². The van der Waals surface area contributed by atoms with Gasteiger partial charge in [-0.15, -0.1) is 0 Å². The lowest BCUT2D eigenvalue weighted by Gasteiger charge is -2.30. The van der Waals surface area contributed by atoms with Crippen molar-refractivity contribution < 1.29 is 24.2 Å². The summed E-state index contributed by atoms with van der Waals surface area (Å²) in [4.78, 5) is 38.7. The van der Waals surface area contributed by atoms with Crippen molar-refractivity contribution in [1.29, 1.82) is 0 Å². The number of carboxylic acid groups (broad SMARTS) is 1. The van der Waals surface area contributed by atoms with E-state index in [0.29, 0.717) is 30.5 Å². The zero-order chi connectivity index (χ0) is 28.0. The maximum atomic E-state index is 12.5. The quantitative estimate of drug-likeness (QED) is 0.0867. The van der Waals surface area contributed by atoms with Crippen LogP contribution in [0.5, 0.6) is 0 Å². The standard InChI is InChI=1S/C30H56N2O5S/c1-4-6-8-10-11-13-15-25(14-12-9-7-5-2)24-37-28(33)19-23-38-22-18-27(30(35)36)29(34)31-26-16-20-32(3)21-17-26/h25-27H,4-24H2,1-3H3,(H,31,34)(H,35,36). The number of carboxylic acids is 1. The van der Waals surface area contributed by atoms with Crippen LogP contribution in [-0.2, 0) is 19.1 Å². The van der Waals surface area contributed by atoms with Gasteiger partial charge in [-0.2, -0.15) is 11.8 Å². The van der Waals surface area contributed by atoms with Crippen molar-refractivity contribution in [1.82, 2.24) is 10.2 Å². The molecule has 1 saturated heterocycles. The molecule has 8 heteroatoms. The average Bonchev–Trinajstić information content (AvgIpc) is 2.89. The van der Waals surface area contributed by atoms with Crippen LogP contribution >= 0.6 is 11.8 Å². The van der Waals surface area contributed by atoms with Gasteiger partial charge in [0.2, 0.25) is 5.91 Å². The van der Waals surface area contributed by atoms with Gasteiger partial charge in [0, 0.05) is 11.8 Å². The molecule has 0 radical (unpaired) electrons. The van der Waals surface area contributed by atoms with Gasteiger partial charge in [0.05, 0.1) is 13.0 Å². The number of hydrogen-bond donors (Lipinski definition) is 2. The zero-order valence-corrected chi connectivity index (χ0v) is 25.3. The fourth-order valence-electron chi connectivity index (χ4n) is 4.95. The van der Waals surface area contributed by atoms with Crippen molar-refractivity contribution in [3.05, 3.63) is 0 Å². The molecular formula is C30H56N2O5S. The number of hydrogen-bond acceptors (Lipinski definition) is 6. The number of ether oxygens (including phenoxy) is 1. The van der Waals surface area contributed by atoms with E-state index in [1.165, 1.54) is 76.0 Å². The lowest BCUT2D eigenvalue weighted by atomic mass is 9.95. The number of likely N-dealkylation sites (tertiary alicyclic amines) is 1. The third-order valence-electron chi connectivity index (χ3n) is 7.59. The minimum atomic E-state index is -1.08. The fraction of sp³-hybridized carbons (Fsp3) is 0.900. The average molecular weight is 557 g/mol. The van der Waals surface area contributed by atoms with Gasteiger partial charge in [0.15, 0.2) is 0 Å². The number of aliphatic carboxylic acids is 1. The lowest BCUT2D eigenvalue weighted by Crippen LogP contribution is -2.46. The highest BCUT2D eigenvalue weighted by atomic mass is 32.2. The van der Waals surface area contributed by atoms with Crippen molar-refractivity contribution in [3.8, 4) is 0 Å². The van der Waals surface area contributed by atoms with E-state index in [4.69, 9.17) is 4.74 Å². The maximum Gasteiger partial charge on any atom is 0.316 e. The number of carbonyl (C=O) groups is 3. The van der Waals surface area contributed by atoms with Crippen LogP contribution in [0.2, 0.25) is 0 Å². The molecule has 0 aliphatic carbocycles. The molecule has 2 atom stereocenters.